The summed E-state index contributed by atoms with van der Waals surface area (Å²) in [7, 11) is 0. The van der Waals surface area contributed by atoms with Crippen LogP contribution in [-0.4, -0.2) is 29.9 Å². The maximum atomic E-state index is 13.0. The van der Waals surface area contributed by atoms with E-state index in [4.69, 9.17) is 0 Å². The molecule has 1 rings (SSSR count). The van der Waals surface area contributed by atoms with Gasteiger partial charge in [0, 0.05) is 0 Å². The molecule has 0 aromatic carbocycles. The van der Waals surface area contributed by atoms with Crippen LogP contribution >= 0.6 is 12.0 Å². The van der Waals surface area contributed by atoms with Crippen molar-refractivity contribution in [3.63, 3.8) is 0 Å². The Hall–Kier alpha value is -0.970. The zero-order valence-corrected chi connectivity index (χ0v) is 9.74. The number of hydrogen-bond donors (Lipinski definition) is 0. The summed E-state index contributed by atoms with van der Waals surface area (Å²) >= 11 is -0.813. The summed E-state index contributed by atoms with van der Waals surface area (Å²) in [6.07, 6.45) is -0.204. The lowest BCUT2D eigenvalue weighted by atomic mass is 10.2. The highest BCUT2D eigenvalue weighted by Gasteiger charge is 2.46. The van der Waals surface area contributed by atoms with Gasteiger partial charge in [-0.05, 0) is 19.3 Å². The highest BCUT2D eigenvalue weighted by molar-refractivity contribution is 7.96. The van der Waals surface area contributed by atoms with E-state index in [0.29, 0.717) is 12.8 Å². The fourth-order valence-electron chi connectivity index (χ4n) is 1.21. The molecule has 0 bridgehead atoms. The lowest BCUT2D eigenvalue weighted by Crippen LogP contribution is -2.35. The Labute approximate surface area is 104 Å². The summed E-state index contributed by atoms with van der Waals surface area (Å²) in [5, 5.41) is 7.92. The zero-order valence-electron chi connectivity index (χ0n) is 8.93. The molecule has 18 heavy (non-hydrogen) atoms. The second-order valence-corrected chi connectivity index (χ2v) is 4.11. The summed E-state index contributed by atoms with van der Waals surface area (Å²) in [5.74, 6) is -2.88. The van der Waals surface area contributed by atoms with Gasteiger partial charge >= 0.3 is 17.2 Å². The highest BCUT2D eigenvalue weighted by Crippen LogP contribution is 2.32. The summed E-state index contributed by atoms with van der Waals surface area (Å²) in [4.78, 5) is 22.3. The number of hydrogen-bond acceptors (Lipinski definition) is 8. The lowest BCUT2D eigenvalue weighted by molar-refractivity contribution is -0.777. The predicted octanol–water partition coefficient (Wildman–Crippen LogP) is 0.0898. The fourth-order valence-corrected chi connectivity index (χ4v) is 1.44. The molecule has 0 aromatic heterocycles. The van der Waals surface area contributed by atoms with E-state index in [9.17, 15) is 23.6 Å². The Morgan fingerprint density at radius 3 is 2.89 bits per heavy atom. The van der Waals surface area contributed by atoms with Crippen molar-refractivity contribution >= 4 is 24.0 Å². The van der Waals surface area contributed by atoms with Crippen LogP contribution in [0, 0.1) is 0 Å². The minimum atomic E-state index is -4.16. The summed E-state index contributed by atoms with van der Waals surface area (Å²) in [6, 6.07) is 0. The van der Waals surface area contributed by atoms with Crippen LogP contribution in [0.2, 0.25) is 0 Å². The summed E-state index contributed by atoms with van der Waals surface area (Å²) in [5.41, 5.74) is 0. The normalized spacial score (nSPS) is 21.1. The van der Waals surface area contributed by atoms with E-state index in [1.54, 1.807) is 0 Å². The maximum absolute atomic E-state index is 13.0. The van der Waals surface area contributed by atoms with Crippen molar-refractivity contribution in [3.8, 4) is 0 Å². The van der Waals surface area contributed by atoms with Gasteiger partial charge in [-0.25, -0.2) is 9.59 Å². The Bertz CT molecular complexity index is 312. The topological polar surface area (TPSA) is 94.1 Å². The van der Waals surface area contributed by atoms with Gasteiger partial charge < -0.3 is 14.7 Å². The largest absolute Gasteiger partial charge is 0.691 e. The number of rotatable bonds is 5. The van der Waals surface area contributed by atoms with E-state index >= 15 is 0 Å². The third-order valence-corrected chi connectivity index (χ3v) is 2.52. The van der Waals surface area contributed by atoms with E-state index in [-0.39, 0.29) is 13.0 Å². The Kier molecular flexibility index (Phi) is 5.72. The minimum absolute atomic E-state index is 0.101. The lowest BCUT2D eigenvalue weighted by Gasteiger charge is -2.18. The van der Waals surface area contributed by atoms with Crippen LogP contribution < -0.4 is 5.26 Å². The molecule has 0 aliphatic carbocycles. The van der Waals surface area contributed by atoms with Crippen molar-refractivity contribution in [3.05, 3.63) is 0 Å². The Morgan fingerprint density at radius 2 is 2.22 bits per heavy atom. The summed E-state index contributed by atoms with van der Waals surface area (Å²) in [6.45, 7) is 0.158. The molecule has 104 valence electrons. The van der Waals surface area contributed by atoms with Crippen LogP contribution in [0.3, 0.4) is 0 Å². The second-order valence-electron chi connectivity index (χ2n) is 3.29. The maximum Gasteiger partial charge on any atom is 0.415 e. The zero-order chi connectivity index (χ0) is 13.6. The number of esters is 2. The van der Waals surface area contributed by atoms with Crippen molar-refractivity contribution in [2.45, 2.75) is 30.6 Å². The van der Waals surface area contributed by atoms with Gasteiger partial charge in [-0.1, -0.05) is 0 Å². The molecule has 1 aliphatic heterocycles. The first-order chi connectivity index (χ1) is 8.47. The van der Waals surface area contributed by atoms with Crippen LogP contribution in [-0.2, 0) is 28.4 Å². The van der Waals surface area contributed by atoms with Gasteiger partial charge in [0.2, 0.25) is 0 Å². The number of carbonyl (C=O) groups is 2. The van der Waals surface area contributed by atoms with Gasteiger partial charge in [-0.3, -0.25) is 5.04 Å². The molecule has 1 heterocycles. The molecule has 7 nitrogen and oxygen atoms in total. The van der Waals surface area contributed by atoms with Gasteiger partial charge in [0.1, 0.15) is 12.0 Å². The quantitative estimate of drug-likeness (QED) is 0.304. The molecular weight excluding hydrogens is 278 g/mol. The fraction of sp³-hybridized carbons (Fsp3) is 0.750. The SMILES string of the molecule is O=C1OCCCCC1OC(=O)C(F)(F)SOO[O-]. The molecule has 0 saturated carbocycles. The first-order valence-electron chi connectivity index (χ1n) is 4.87. The van der Waals surface area contributed by atoms with Crippen molar-refractivity contribution in [2.75, 3.05) is 6.61 Å². The van der Waals surface area contributed by atoms with E-state index < -0.39 is 35.3 Å². The Balaban J connectivity index is 2.53. The number of cyclic esters (lactones) is 1. The average molecular weight is 287 g/mol. The predicted molar refractivity (Wildman–Crippen MR) is 49.4 cm³/mol. The van der Waals surface area contributed by atoms with Gasteiger partial charge in [-0.15, -0.1) is 0 Å². The van der Waals surface area contributed by atoms with Gasteiger partial charge in [0.25, 0.3) is 0 Å². The molecule has 0 N–H and O–H groups in total. The molecule has 1 unspecified atom stereocenters. The molecule has 1 atom stereocenters. The van der Waals surface area contributed by atoms with E-state index in [1.807, 2.05) is 0 Å². The van der Waals surface area contributed by atoms with Crippen molar-refractivity contribution in [1.82, 2.24) is 0 Å². The smallest absolute Gasteiger partial charge is 0.415 e. The van der Waals surface area contributed by atoms with E-state index in [0.717, 1.165) is 0 Å². The molecule has 1 saturated heterocycles. The highest BCUT2D eigenvalue weighted by atomic mass is 32.2. The van der Waals surface area contributed by atoms with Crippen molar-refractivity contribution in [1.29, 1.82) is 0 Å². The number of carbonyl (C=O) groups excluding carboxylic acids is 2. The first-order valence-corrected chi connectivity index (χ1v) is 5.61. The van der Waals surface area contributed by atoms with Crippen molar-refractivity contribution in [2.24, 2.45) is 0 Å². The molecule has 0 amide bonds. The van der Waals surface area contributed by atoms with Crippen LogP contribution in [0.25, 0.3) is 0 Å². The minimum Gasteiger partial charge on any atom is -0.691 e. The molecule has 10 heteroatoms. The average Bonchev–Trinajstić information content (AvgIpc) is 2.52. The van der Waals surface area contributed by atoms with E-state index in [1.165, 1.54) is 0 Å². The van der Waals surface area contributed by atoms with E-state index in [2.05, 4.69) is 18.8 Å². The summed E-state index contributed by atoms with van der Waals surface area (Å²) < 4.78 is 38.3. The van der Waals surface area contributed by atoms with Gasteiger partial charge in [0.15, 0.2) is 6.10 Å². The van der Waals surface area contributed by atoms with Crippen molar-refractivity contribution < 1.29 is 42.5 Å². The monoisotopic (exact) mass is 287 g/mol. The van der Waals surface area contributed by atoms with Crippen LogP contribution in [0.4, 0.5) is 8.78 Å². The number of alkyl halides is 2. The number of ether oxygens (including phenoxy) is 2. The van der Waals surface area contributed by atoms with Gasteiger partial charge in [-0.2, -0.15) is 13.1 Å². The molecule has 0 radical (unpaired) electrons. The Morgan fingerprint density at radius 1 is 1.50 bits per heavy atom. The molecule has 0 aromatic rings. The van der Waals surface area contributed by atoms with Crippen LogP contribution in [0.1, 0.15) is 19.3 Å². The molecule has 0 spiro atoms. The molecule has 1 aliphatic rings. The van der Waals surface area contributed by atoms with Crippen LogP contribution in [0.15, 0.2) is 0 Å². The number of halogens is 2. The third-order valence-electron chi connectivity index (χ3n) is 2.02. The first kappa shape index (κ1) is 15.1. The van der Waals surface area contributed by atoms with Crippen LogP contribution in [0.5, 0.6) is 0 Å². The second kappa shape index (κ2) is 6.83. The standard InChI is InChI=1S/C8H10F2O7S/c9-8(10,18-17-16-13)7(12)15-5-3-1-2-4-14-6(5)11/h5,13H,1-4H2/p-1. The van der Waals surface area contributed by atoms with Gasteiger partial charge in [0.05, 0.1) is 6.61 Å². The molecular formula is C8H9F2O7S-. The third kappa shape index (κ3) is 4.37. The molecule has 1 fully saturated rings.